The van der Waals surface area contributed by atoms with Gasteiger partial charge in [-0.15, -0.1) is 0 Å². The molecule has 0 bridgehead atoms. The second kappa shape index (κ2) is 13.2. The van der Waals surface area contributed by atoms with Crippen molar-refractivity contribution < 1.29 is 0 Å². The Labute approximate surface area is 325 Å². The van der Waals surface area contributed by atoms with E-state index in [0.29, 0.717) is 0 Å². The van der Waals surface area contributed by atoms with Crippen LogP contribution in [-0.4, -0.2) is 9.97 Å². The van der Waals surface area contributed by atoms with Gasteiger partial charge in [-0.25, -0.2) is 4.98 Å². The molecule has 11 rings (SSSR count). The maximum absolute atomic E-state index is 5.11. The van der Waals surface area contributed by atoms with Crippen molar-refractivity contribution in [1.82, 2.24) is 9.97 Å². The van der Waals surface area contributed by atoms with E-state index in [2.05, 4.69) is 199 Å². The van der Waals surface area contributed by atoms with Gasteiger partial charge in [-0.1, -0.05) is 176 Å². The van der Waals surface area contributed by atoms with Crippen molar-refractivity contribution in [3.05, 3.63) is 206 Å². The summed E-state index contributed by atoms with van der Waals surface area (Å²) < 4.78 is 0. The van der Waals surface area contributed by atoms with Crippen LogP contribution in [0.2, 0.25) is 0 Å². The molecule has 260 valence electrons. The molecule has 0 spiro atoms. The van der Waals surface area contributed by atoms with Gasteiger partial charge in [0.05, 0.1) is 16.7 Å². The number of benzene rings is 9. The SMILES string of the molecule is c1ccc(-c2ccc(-c3c4ccccc4c(-c4ccc5ccccc5c4)c4ccc(-c5ccc(-c6ccc7ccc8cccnc8c7n6)cc5)cc34)cc2)cc1. The standard InChI is InChI=1S/C54H34N2/c1-2-9-35(10-3-1)37-18-23-40(24-19-37)51-46-14-6-7-15-47(46)52(45-27-20-36-11-4-5-12-43(36)33-45)48-30-28-44(34-49(48)51)38-16-21-39(22-17-38)50-31-29-42-26-25-41-13-8-32-55-53(41)54(42)56-50/h1-34H. The molecule has 0 N–H and O–H groups in total. The summed E-state index contributed by atoms with van der Waals surface area (Å²) >= 11 is 0. The second-order valence-corrected chi connectivity index (χ2v) is 14.5. The summed E-state index contributed by atoms with van der Waals surface area (Å²) in [6.07, 6.45) is 1.84. The molecule has 11 aromatic rings. The van der Waals surface area contributed by atoms with Crippen LogP contribution in [0.3, 0.4) is 0 Å². The molecule has 56 heavy (non-hydrogen) atoms. The highest BCUT2D eigenvalue weighted by atomic mass is 14.7. The van der Waals surface area contributed by atoms with Crippen molar-refractivity contribution >= 4 is 54.1 Å². The fourth-order valence-electron chi connectivity index (χ4n) is 8.50. The Morgan fingerprint density at radius 3 is 1.57 bits per heavy atom. The van der Waals surface area contributed by atoms with Gasteiger partial charge in [0.25, 0.3) is 0 Å². The minimum atomic E-state index is 0.929. The minimum Gasteiger partial charge on any atom is -0.254 e. The van der Waals surface area contributed by atoms with E-state index < -0.39 is 0 Å². The zero-order valence-electron chi connectivity index (χ0n) is 30.5. The molecule has 0 atom stereocenters. The maximum Gasteiger partial charge on any atom is 0.0972 e. The van der Waals surface area contributed by atoms with Crippen molar-refractivity contribution in [2.24, 2.45) is 0 Å². The fraction of sp³-hybridized carbons (Fsp3) is 0. The Balaban J connectivity index is 1.09. The molecule has 9 aromatic carbocycles. The van der Waals surface area contributed by atoms with Crippen LogP contribution in [0, 0.1) is 0 Å². The predicted molar refractivity (Wildman–Crippen MR) is 237 cm³/mol. The molecule has 0 unspecified atom stereocenters. The zero-order chi connectivity index (χ0) is 37.0. The number of rotatable bonds is 5. The van der Waals surface area contributed by atoms with Crippen LogP contribution in [0.5, 0.6) is 0 Å². The van der Waals surface area contributed by atoms with Crippen molar-refractivity contribution in [3.8, 4) is 55.8 Å². The van der Waals surface area contributed by atoms with Crippen molar-refractivity contribution in [2.45, 2.75) is 0 Å². The van der Waals surface area contributed by atoms with Gasteiger partial charge in [0.1, 0.15) is 0 Å². The summed E-state index contributed by atoms with van der Waals surface area (Å²) in [6, 6.07) is 72.5. The summed E-state index contributed by atoms with van der Waals surface area (Å²) in [5.41, 5.74) is 13.6. The first-order valence-electron chi connectivity index (χ1n) is 19.1. The third kappa shape index (κ3) is 5.42. The molecule has 2 heteroatoms. The average Bonchev–Trinajstić information content (AvgIpc) is 3.28. The monoisotopic (exact) mass is 710 g/mol. The summed E-state index contributed by atoms with van der Waals surface area (Å²) in [5, 5.41) is 9.64. The maximum atomic E-state index is 5.11. The Morgan fingerprint density at radius 1 is 0.268 bits per heavy atom. The Bertz CT molecular complexity index is 3270. The summed E-state index contributed by atoms with van der Waals surface area (Å²) in [6.45, 7) is 0. The van der Waals surface area contributed by atoms with E-state index in [0.717, 1.165) is 38.6 Å². The van der Waals surface area contributed by atoms with Crippen molar-refractivity contribution in [1.29, 1.82) is 0 Å². The number of hydrogen-bond donors (Lipinski definition) is 0. The van der Waals surface area contributed by atoms with E-state index in [1.165, 1.54) is 71.3 Å². The average molecular weight is 711 g/mol. The number of aromatic nitrogens is 2. The Hall–Kier alpha value is -7.42. The van der Waals surface area contributed by atoms with Crippen LogP contribution in [0.25, 0.3) is 110 Å². The van der Waals surface area contributed by atoms with Gasteiger partial charge in [-0.05, 0) is 101 Å². The normalized spacial score (nSPS) is 11.6. The molecule has 0 aliphatic heterocycles. The predicted octanol–water partition coefficient (Wildman–Crippen LogP) is 14.6. The first-order chi connectivity index (χ1) is 27.7. The topological polar surface area (TPSA) is 25.8 Å². The Morgan fingerprint density at radius 2 is 0.786 bits per heavy atom. The van der Waals surface area contributed by atoms with Crippen LogP contribution in [0.4, 0.5) is 0 Å². The molecular formula is C54H34N2. The minimum absolute atomic E-state index is 0.929. The van der Waals surface area contributed by atoms with Gasteiger partial charge >= 0.3 is 0 Å². The van der Waals surface area contributed by atoms with Crippen LogP contribution in [0.1, 0.15) is 0 Å². The molecule has 2 nitrogen and oxygen atoms in total. The van der Waals surface area contributed by atoms with Gasteiger partial charge in [0.15, 0.2) is 0 Å². The summed E-state index contributed by atoms with van der Waals surface area (Å²) in [7, 11) is 0. The van der Waals surface area contributed by atoms with E-state index in [1.54, 1.807) is 0 Å². The third-order valence-corrected chi connectivity index (χ3v) is 11.3. The van der Waals surface area contributed by atoms with Crippen molar-refractivity contribution in [2.75, 3.05) is 0 Å². The lowest BCUT2D eigenvalue weighted by Gasteiger charge is -2.19. The van der Waals surface area contributed by atoms with E-state index in [9.17, 15) is 0 Å². The largest absolute Gasteiger partial charge is 0.254 e. The smallest absolute Gasteiger partial charge is 0.0972 e. The van der Waals surface area contributed by atoms with Crippen LogP contribution in [-0.2, 0) is 0 Å². The number of pyridine rings is 2. The zero-order valence-corrected chi connectivity index (χ0v) is 30.5. The van der Waals surface area contributed by atoms with E-state index in [-0.39, 0.29) is 0 Å². The number of fused-ring (bicyclic) bond motifs is 6. The highest BCUT2D eigenvalue weighted by molar-refractivity contribution is 6.22. The van der Waals surface area contributed by atoms with Crippen molar-refractivity contribution in [3.63, 3.8) is 0 Å². The van der Waals surface area contributed by atoms with Crippen LogP contribution in [0.15, 0.2) is 206 Å². The molecule has 0 fully saturated rings. The third-order valence-electron chi connectivity index (χ3n) is 11.3. The van der Waals surface area contributed by atoms with Gasteiger partial charge in [0.2, 0.25) is 0 Å². The Kier molecular flexibility index (Phi) is 7.53. The summed E-state index contributed by atoms with van der Waals surface area (Å²) in [5.74, 6) is 0. The number of nitrogens with zero attached hydrogens (tertiary/aromatic N) is 2. The van der Waals surface area contributed by atoms with Crippen LogP contribution < -0.4 is 0 Å². The summed E-state index contributed by atoms with van der Waals surface area (Å²) in [4.78, 5) is 9.78. The van der Waals surface area contributed by atoms with Gasteiger partial charge in [-0.2, -0.15) is 0 Å². The second-order valence-electron chi connectivity index (χ2n) is 14.5. The lowest BCUT2D eigenvalue weighted by atomic mass is 9.84. The molecule has 0 amide bonds. The molecule has 2 heterocycles. The quantitative estimate of drug-likeness (QED) is 0.131. The first kappa shape index (κ1) is 32.0. The highest BCUT2D eigenvalue weighted by Gasteiger charge is 2.18. The van der Waals surface area contributed by atoms with E-state index in [1.807, 2.05) is 12.3 Å². The van der Waals surface area contributed by atoms with E-state index >= 15 is 0 Å². The fourth-order valence-corrected chi connectivity index (χ4v) is 8.50. The highest BCUT2D eigenvalue weighted by Crippen LogP contribution is 2.45. The van der Waals surface area contributed by atoms with E-state index in [4.69, 9.17) is 4.98 Å². The molecule has 0 aliphatic rings. The molecule has 0 saturated carbocycles. The van der Waals surface area contributed by atoms with Gasteiger partial charge < -0.3 is 0 Å². The lowest BCUT2D eigenvalue weighted by Crippen LogP contribution is -1.92. The van der Waals surface area contributed by atoms with Gasteiger partial charge in [-0.3, -0.25) is 4.98 Å². The molecule has 0 aliphatic carbocycles. The molecular weight excluding hydrogens is 677 g/mol. The first-order valence-corrected chi connectivity index (χ1v) is 19.1. The van der Waals surface area contributed by atoms with Crippen LogP contribution >= 0.6 is 0 Å². The molecule has 0 radical (unpaired) electrons. The lowest BCUT2D eigenvalue weighted by molar-refractivity contribution is 1.37. The molecule has 2 aromatic heterocycles. The van der Waals surface area contributed by atoms with Gasteiger partial charge in [0, 0.05) is 22.5 Å². The number of hydrogen-bond acceptors (Lipinski definition) is 2. The molecule has 0 saturated heterocycles.